The van der Waals surface area contributed by atoms with E-state index in [9.17, 15) is 4.79 Å². The number of likely N-dealkylation sites (tertiary alicyclic amines) is 1. The third-order valence-corrected chi connectivity index (χ3v) is 6.77. The van der Waals surface area contributed by atoms with E-state index in [0.29, 0.717) is 12.6 Å². The highest BCUT2D eigenvalue weighted by Crippen LogP contribution is 2.28. The molecule has 3 heterocycles. The van der Waals surface area contributed by atoms with Gasteiger partial charge in [-0.2, -0.15) is 0 Å². The van der Waals surface area contributed by atoms with E-state index in [0.717, 1.165) is 58.3 Å². The molecular formula is C22H25ClN4OS. The topological polar surface area (TPSA) is 51.0 Å². The maximum Gasteiger partial charge on any atom is 0.242 e. The Morgan fingerprint density at radius 2 is 2.21 bits per heavy atom. The number of imidazole rings is 1. The molecule has 152 valence electrons. The highest BCUT2D eigenvalue weighted by atomic mass is 35.5. The molecule has 1 atom stereocenters. The Balaban J connectivity index is 1.58. The van der Waals surface area contributed by atoms with Crippen LogP contribution in [-0.4, -0.2) is 37.9 Å². The number of fused-ring (bicyclic) bond motifs is 1. The zero-order chi connectivity index (χ0) is 20.2. The van der Waals surface area contributed by atoms with Gasteiger partial charge < -0.3 is 9.47 Å². The van der Waals surface area contributed by atoms with Crippen molar-refractivity contribution in [1.29, 1.82) is 0 Å². The van der Waals surface area contributed by atoms with Crippen LogP contribution in [0.15, 0.2) is 47.9 Å². The fraction of sp³-hybridized carbons (Fsp3) is 0.409. The van der Waals surface area contributed by atoms with E-state index >= 15 is 0 Å². The molecule has 0 radical (unpaired) electrons. The number of aromatic nitrogens is 3. The van der Waals surface area contributed by atoms with Gasteiger partial charge in [-0.3, -0.25) is 9.78 Å². The van der Waals surface area contributed by atoms with E-state index in [-0.39, 0.29) is 5.91 Å². The smallest absolute Gasteiger partial charge is 0.242 e. The van der Waals surface area contributed by atoms with Gasteiger partial charge in [-0.05, 0) is 49.4 Å². The van der Waals surface area contributed by atoms with Crippen LogP contribution in [0.5, 0.6) is 0 Å². The van der Waals surface area contributed by atoms with E-state index in [2.05, 4.69) is 22.9 Å². The summed E-state index contributed by atoms with van der Waals surface area (Å²) in [5, 5.41) is 1.57. The van der Waals surface area contributed by atoms with Crippen molar-refractivity contribution in [3.63, 3.8) is 0 Å². The first kappa shape index (κ1) is 20.2. The van der Waals surface area contributed by atoms with Gasteiger partial charge in [-0.25, -0.2) is 4.98 Å². The second-order valence-electron chi connectivity index (χ2n) is 7.41. The van der Waals surface area contributed by atoms with Crippen LogP contribution in [0.1, 0.15) is 38.2 Å². The van der Waals surface area contributed by atoms with Crippen molar-refractivity contribution in [2.24, 2.45) is 0 Å². The van der Waals surface area contributed by atoms with Crippen molar-refractivity contribution >= 4 is 40.3 Å². The number of hydrogen-bond donors (Lipinski definition) is 0. The average molecular weight is 429 g/mol. The standard InChI is InChI=1S/C22H25ClN4OS/c1-2-18-8-3-4-11-26(18)21(28)14-27-20-13-24-10-9-19(20)25-22(27)29-15-16-6-5-7-17(23)12-16/h5-7,9-10,12-13,18H,2-4,8,11,14-15H2,1H3/t18-/m0/s1. The van der Waals surface area contributed by atoms with Crippen molar-refractivity contribution < 1.29 is 4.79 Å². The van der Waals surface area contributed by atoms with Crippen LogP contribution in [0.2, 0.25) is 5.02 Å². The van der Waals surface area contributed by atoms with Gasteiger partial charge in [0, 0.05) is 29.6 Å². The number of rotatable bonds is 6. The van der Waals surface area contributed by atoms with Crippen molar-refractivity contribution in [1.82, 2.24) is 19.4 Å². The summed E-state index contributed by atoms with van der Waals surface area (Å²) in [5.74, 6) is 0.914. The minimum atomic E-state index is 0.171. The van der Waals surface area contributed by atoms with Crippen molar-refractivity contribution in [2.75, 3.05) is 6.54 Å². The molecule has 3 aromatic rings. The van der Waals surface area contributed by atoms with Gasteiger partial charge in [0.1, 0.15) is 6.54 Å². The molecule has 7 heteroatoms. The summed E-state index contributed by atoms with van der Waals surface area (Å²) in [4.78, 5) is 24.3. The lowest BCUT2D eigenvalue weighted by atomic mass is 10.00. The minimum absolute atomic E-state index is 0.171. The molecule has 0 aliphatic carbocycles. The Hall–Kier alpha value is -2.05. The summed E-state index contributed by atoms with van der Waals surface area (Å²) in [5.41, 5.74) is 2.90. The largest absolute Gasteiger partial charge is 0.338 e. The van der Waals surface area contributed by atoms with E-state index < -0.39 is 0 Å². The summed E-state index contributed by atoms with van der Waals surface area (Å²) in [7, 11) is 0. The number of carbonyl (C=O) groups excluding carboxylic acids is 1. The number of benzene rings is 1. The third-order valence-electron chi connectivity index (χ3n) is 5.48. The molecule has 1 aromatic carbocycles. The first-order chi connectivity index (χ1) is 14.2. The SMILES string of the molecule is CC[C@H]1CCCCN1C(=O)Cn1c(SCc2cccc(Cl)c2)nc2ccncc21. The fourth-order valence-corrected chi connectivity index (χ4v) is 5.13. The third kappa shape index (κ3) is 4.59. The van der Waals surface area contributed by atoms with Gasteiger partial charge >= 0.3 is 0 Å². The summed E-state index contributed by atoms with van der Waals surface area (Å²) >= 11 is 7.74. The lowest BCUT2D eigenvalue weighted by Gasteiger charge is -2.35. The molecule has 2 aromatic heterocycles. The number of pyridine rings is 1. The number of nitrogens with zero attached hydrogens (tertiary/aromatic N) is 4. The second-order valence-corrected chi connectivity index (χ2v) is 8.79. The molecule has 5 nitrogen and oxygen atoms in total. The molecule has 0 saturated carbocycles. The van der Waals surface area contributed by atoms with Gasteiger partial charge in [-0.1, -0.05) is 42.4 Å². The first-order valence-electron chi connectivity index (χ1n) is 10.1. The van der Waals surface area contributed by atoms with E-state index in [1.807, 2.05) is 28.8 Å². The zero-order valence-corrected chi connectivity index (χ0v) is 18.1. The lowest BCUT2D eigenvalue weighted by Crippen LogP contribution is -2.44. The Labute approximate surface area is 180 Å². The van der Waals surface area contributed by atoms with Crippen molar-refractivity contribution in [2.45, 2.75) is 56.1 Å². The summed E-state index contributed by atoms with van der Waals surface area (Å²) in [6.07, 6.45) is 7.95. The Kier molecular flexibility index (Phi) is 6.40. The molecule has 0 spiro atoms. The number of piperidine rings is 1. The molecule has 1 aliphatic heterocycles. The number of carbonyl (C=O) groups is 1. The zero-order valence-electron chi connectivity index (χ0n) is 16.6. The monoisotopic (exact) mass is 428 g/mol. The molecule has 1 fully saturated rings. The molecule has 1 amide bonds. The normalized spacial score (nSPS) is 17.0. The lowest BCUT2D eigenvalue weighted by molar-refractivity contribution is -0.135. The van der Waals surface area contributed by atoms with Gasteiger partial charge in [-0.15, -0.1) is 0 Å². The van der Waals surface area contributed by atoms with Crippen LogP contribution >= 0.6 is 23.4 Å². The highest BCUT2D eigenvalue weighted by molar-refractivity contribution is 7.98. The van der Waals surface area contributed by atoms with Crippen LogP contribution < -0.4 is 0 Å². The van der Waals surface area contributed by atoms with E-state index in [1.54, 1.807) is 24.2 Å². The second kappa shape index (κ2) is 9.18. The molecule has 1 aliphatic rings. The number of halogens is 1. The molecular weight excluding hydrogens is 404 g/mol. The maximum atomic E-state index is 13.2. The first-order valence-corrected chi connectivity index (χ1v) is 11.5. The highest BCUT2D eigenvalue weighted by Gasteiger charge is 2.26. The van der Waals surface area contributed by atoms with Gasteiger partial charge in [0.05, 0.1) is 17.2 Å². The minimum Gasteiger partial charge on any atom is -0.338 e. The Morgan fingerprint density at radius 1 is 1.31 bits per heavy atom. The molecule has 0 unspecified atom stereocenters. The molecule has 4 rings (SSSR count). The summed E-state index contributed by atoms with van der Waals surface area (Å²) in [6.45, 7) is 3.32. The van der Waals surface area contributed by atoms with Crippen molar-refractivity contribution in [3.8, 4) is 0 Å². The Bertz CT molecular complexity index is 1010. The van der Waals surface area contributed by atoms with Crippen LogP contribution in [0.4, 0.5) is 0 Å². The molecule has 29 heavy (non-hydrogen) atoms. The van der Waals surface area contributed by atoms with Crippen LogP contribution in [0.25, 0.3) is 11.0 Å². The molecule has 1 saturated heterocycles. The van der Waals surface area contributed by atoms with Crippen LogP contribution in [0, 0.1) is 0 Å². The quantitative estimate of drug-likeness (QED) is 0.508. The average Bonchev–Trinajstić information content (AvgIpc) is 3.09. The molecule has 0 bridgehead atoms. The van der Waals surface area contributed by atoms with Crippen LogP contribution in [-0.2, 0) is 17.1 Å². The summed E-state index contributed by atoms with van der Waals surface area (Å²) in [6, 6.07) is 10.1. The number of hydrogen-bond acceptors (Lipinski definition) is 4. The fourth-order valence-electron chi connectivity index (χ4n) is 3.96. The van der Waals surface area contributed by atoms with Gasteiger partial charge in [0.25, 0.3) is 0 Å². The van der Waals surface area contributed by atoms with Gasteiger partial charge in [0.2, 0.25) is 5.91 Å². The Morgan fingerprint density at radius 3 is 3.03 bits per heavy atom. The van der Waals surface area contributed by atoms with Gasteiger partial charge in [0.15, 0.2) is 5.16 Å². The predicted octanol–water partition coefficient (Wildman–Crippen LogP) is 5.17. The summed E-state index contributed by atoms with van der Waals surface area (Å²) < 4.78 is 2.02. The number of amides is 1. The van der Waals surface area contributed by atoms with Crippen molar-refractivity contribution in [3.05, 3.63) is 53.3 Å². The van der Waals surface area contributed by atoms with Crippen LogP contribution in [0.3, 0.4) is 0 Å². The van der Waals surface area contributed by atoms with E-state index in [1.165, 1.54) is 6.42 Å². The number of thioether (sulfide) groups is 1. The van der Waals surface area contributed by atoms with E-state index in [4.69, 9.17) is 16.6 Å². The maximum absolute atomic E-state index is 13.2. The predicted molar refractivity (Wildman–Crippen MR) is 118 cm³/mol. The molecule has 0 N–H and O–H groups in total.